The van der Waals surface area contributed by atoms with E-state index in [-0.39, 0.29) is 17.4 Å². The van der Waals surface area contributed by atoms with Gasteiger partial charge in [0.1, 0.15) is 18.0 Å². The van der Waals surface area contributed by atoms with Crippen LogP contribution in [-0.2, 0) is 6.54 Å². The lowest BCUT2D eigenvalue weighted by molar-refractivity contribution is 0.00273. The Hall–Kier alpha value is -4.54. The number of H-pyrrole nitrogens is 1. The van der Waals surface area contributed by atoms with Crippen LogP contribution in [0.25, 0.3) is 22.5 Å². The Kier molecular flexibility index (Phi) is 5.96. The third-order valence-corrected chi connectivity index (χ3v) is 5.74. The Morgan fingerprint density at radius 3 is 2.34 bits per heavy atom. The number of anilines is 1. The summed E-state index contributed by atoms with van der Waals surface area (Å²) < 4.78 is 0. The van der Waals surface area contributed by atoms with Gasteiger partial charge in [0.2, 0.25) is 5.82 Å². The maximum atomic E-state index is 12.6. The minimum absolute atomic E-state index is 0.124. The summed E-state index contributed by atoms with van der Waals surface area (Å²) in [5, 5.41) is 49.3. The molecule has 0 radical (unpaired) electrons. The Morgan fingerprint density at radius 1 is 0.914 bits per heavy atom. The molecule has 10 heteroatoms. The van der Waals surface area contributed by atoms with Crippen LogP contribution in [0.15, 0.2) is 84.3 Å². The van der Waals surface area contributed by atoms with E-state index in [2.05, 4.69) is 31.3 Å². The highest BCUT2D eigenvalue weighted by molar-refractivity contribution is 5.94. The van der Waals surface area contributed by atoms with Gasteiger partial charge >= 0.3 is 0 Å². The molecule has 6 N–H and O–H groups in total. The smallest absolute Gasteiger partial charge is 0.251 e. The van der Waals surface area contributed by atoms with E-state index in [0.29, 0.717) is 29.2 Å². The number of aliphatic hydroxyl groups is 3. The van der Waals surface area contributed by atoms with Crippen molar-refractivity contribution in [3.63, 3.8) is 0 Å². The van der Waals surface area contributed by atoms with Crippen molar-refractivity contribution in [2.45, 2.75) is 18.8 Å². The number of hydrogen-bond acceptors (Lipinski definition) is 8. The van der Waals surface area contributed by atoms with Crippen molar-refractivity contribution >= 4 is 11.6 Å². The fourth-order valence-electron chi connectivity index (χ4n) is 3.79. The fourth-order valence-corrected chi connectivity index (χ4v) is 3.79. The third-order valence-electron chi connectivity index (χ3n) is 5.74. The lowest BCUT2D eigenvalue weighted by Crippen LogP contribution is -2.43. The molecule has 0 saturated heterocycles. The highest BCUT2D eigenvalue weighted by Crippen LogP contribution is 2.33. The van der Waals surface area contributed by atoms with Crippen molar-refractivity contribution in [1.82, 2.24) is 25.9 Å². The molecule has 2 unspecified atom stereocenters. The molecule has 1 aromatic heterocycles. The van der Waals surface area contributed by atoms with Crippen LogP contribution in [0.3, 0.4) is 0 Å². The van der Waals surface area contributed by atoms with Gasteiger partial charge in [-0.15, -0.1) is 10.2 Å². The fraction of sp³-hybridized carbons (Fsp3) is 0.120. The maximum absolute atomic E-state index is 12.6. The topological polar surface area (TPSA) is 156 Å². The van der Waals surface area contributed by atoms with E-state index in [0.717, 1.165) is 16.7 Å². The van der Waals surface area contributed by atoms with E-state index < -0.39 is 12.2 Å². The van der Waals surface area contributed by atoms with Gasteiger partial charge in [0.15, 0.2) is 0 Å². The quantitative estimate of drug-likeness (QED) is 0.240. The number of hydrogen-bond donors (Lipinski definition) is 6. The zero-order valence-electron chi connectivity index (χ0n) is 18.4. The first-order chi connectivity index (χ1) is 17.0. The molecule has 1 aliphatic rings. The molecule has 35 heavy (non-hydrogen) atoms. The van der Waals surface area contributed by atoms with Crippen LogP contribution in [0.1, 0.15) is 15.9 Å². The number of nitrogens with zero attached hydrogens (tertiary/aromatic N) is 3. The van der Waals surface area contributed by atoms with E-state index >= 15 is 0 Å². The largest absolute Gasteiger partial charge is 0.507 e. The predicted molar refractivity (Wildman–Crippen MR) is 128 cm³/mol. The molecular weight excluding hydrogens is 448 g/mol. The number of aromatic nitrogens is 4. The summed E-state index contributed by atoms with van der Waals surface area (Å²) in [5.74, 6) is -0.127. The van der Waals surface area contributed by atoms with Crippen molar-refractivity contribution in [3.05, 3.63) is 95.4 Å². The highest BCUT2D eigenvalue weighted by atomic mass is 16.4. The molecule has 0 saturated carbocycles. The van der Waals surface area contributed by atoms with Gasteiger partial charge in [0, 0.05) is 23.4 Å². The van der Waals surface area contributed by atoms with Gasteiger partial charge < -0.3 is 26.0 Å². The van der Waals surface area contributed by atoms with Crippen molar-refractivity contribution in [1.29, 1.82) is 0 Å². The SMILES string of the molecule is O=C(NCc1ccccc1)c1ccc(-c2cc(NC3=C(O)C(O)C3O)cc(-c3nn[nH]n3)c2)cc1. The van der Waals surface area contributed by atoms with Gasteiger partial charge in [0.25, 0.3) is 5.91 Å². The summed E-state index contributed by atoms with van der Waals surface area (Å²) in [6.07, 6.45) is -2.51. The van der Waals surface area contributed by atoms with Gasteiger partial charge in [0.05, 0.1) is 5.70 Å². The van der Waals surface area contributed by atoms with Crippen LogP contribution in [-0.4, -0.2) is 54.1 Å². The van der Waals surface area contributed by atoms with Crippen LogP contribution >= 0.6 is 0 Å². The molecule has 4 aromatic rings. The molecule has 0 spiro atoms. The Bertz CT molecular complexity index is 1370. The van der Waals surface area contributed by atoms with Gasteiger partial charge in [-0.2, -0.15) is 5.21 Å². The number of tetrazole rings is 1. The molecule has 1 heterocycles. The summed E-state index contributed by atoms with van der Waals surface area (Å²) in [6.45, 7) is 0.437. The van der Waals surface area contributed by atoms with Gasteiger partial charge in [-0.3, -0.25) is 4.79 Å². The van der Waals surface area contributed by atoms with Crippen molar-refractivity contribution < 1.29 is 20.1 Å². The minimum atomic E-state index is -1.31. The number of aliphatic hydroxyl groups excluding tert-OH is 3. The number of aromatic amines is 1. The van der Waals surface area contributed by atoms with Gasteiger partial charge in [-0.05, 0) is 52.2 Å². The first kappa shape index (κ1) is 22.3. The first-order valence-corrected chi connectivity index (χ1v) is 10.9. The number of carbonyl (C=O) groups is 1. The molecular formula is C25H22N6O4. The summed E-state index contributed by atoms with van der Waals surface area (Å²) in [7, 11) is 0. The number of carbonyl (C=O) groups excluding carboxylic acids is 1. The monoisotopic (exact) mass is 470 g/mol. The van der Waals surface area contributed by atoms with Crippen molar-refractivity contribution in [3.8, 4) is 22.5 Å². The van der Waals surface area contributed by atoms with Crippen LogP contribution in [0, 0.1) is 0 Å². The average molecular weight is 470 g/mol. The molecule has 0 aliphatic heterocycles. The average Bonchev–Trinajstić information content (AvgIpc) is 3.45. The Balaban J connectivity index is 1.39. The molecule has 0 fully saturated rings. The standard InChI is InChI=1S/C25H22N6O4/c32-21-20(22(33)23(21)34)27-19-11-17(10-18(12-19)24-28-30-31-29-24)15-6-8-16(9-7-15)25(35)26-13-14-4-2-1-3-5-14/h1-12,21,23,27,32-34H,13H2,(H,26,35)(H,28,29,30,31). The summed E-state index contributed by atoms with van der Waals surface area (Å²) in [4.78, 5) is 12.6. The lowest BCUT2D eigenvalue weighted by Gasteiger charge is -2.32. The normalized spacial score (nSPS) is 17.1. The van der Waals surface area contributed by atoms with Crippen LogP contribution in [0.5, 0.6) is 0 Å². The lowest BCUT2D eigenvalue weighted by atomic mass is 9.94. The van der Waals surface area contributed by atoms with E-state index in [1.165, 1.54) is 0 Å². The third kappa shape index (κ3) is 4.60. The summed E-state index contributed by atoms with van der Waals surface area (Å²) in [6, 6.07) is 22.2. The zero-order chi connectivity index (χ0) is 24.4. The maximum Gasteiger partial charge on any atom is 0.251 e. The molecule has 1 aliphatic carbocycles. The second-order valence-corrected chi connectivity index (χ2v) is 8.09. The van der Waals surface area contributed by atoms with Gasteiger partial charge in [-0.25, -0.2) is 0 Å². The Labute approximate surface area is 200 Å². The van der Waals surface area contributed by atoms with Gasteiger partial charge in [-0.1, -0.05) is 42.5 Å². The van der Waals surface area contributed by atoms with Crippen LogP contribution in [0.4, 0.5) is 5.69 Å². The highest BCUT2D eigenvalue weighted by Gasteiger charge is 2.38. The molecule has 3 aromatic carbocycles. The number of nitrogens with one attached hydrogen (secondary N) is 3. The predicted octanol–water partition coefficient (Wildman–Crippen LogP) is 2.38. The molecule has 10 nitrogen and oxygen atoms in total. The summed E-state index contributed by atoms with van der Waals surface area (Å²) in [5.41, 5.74) is 4.45. The van der Waals surface area contributed by atoms with Crippen LogP contribution < -0.4 is 10.6 Å². The molecule has 2 atom stereocenters. The number of rotatable bonds is 7. The van der Waals surface area contributed by atoms with E-state index in [1.807, 2.05) is 54.6 Å². The van der Waals surface area contributed by atoms with Crippen molar-refractivity contribution in [2.75, 3.05) is 5.32 Å². The molecule has 1 amide bonds. The van der Waals surface area contributed by atoms with E-state index in [1.54, 1.807) is 18.2 Å². The summed E-state index contributed by atoms with van der Waals surface area (Å²) >= 11 is 0. The van der Waals surface area contributed by atoms with Crippen LogP contribution in [0.2, 0.25) is 0 Å². The second kappa shape index (κ2) is 9.37. The molecule has 0 bridgehead atoms. The molecule has 5 rings (SSSR count). The van der Waals surface area contributed by atoms with Crippen molar-refractivity contribution in [2.24, 2.45) is 0 Å². The Morgan fingerprint density at radius 2 is 1.66 bits per heavy atom. The van der Waals surface area contributed by atoms with E-state index in [4.69, 9.17) is 0 Å². The number of amides is 1. The molecule has 176 valence electrons. The minimum Gasteiger partial charge on any atom is -0.507 e. The second-order valence-electron chi connectivity index (χ2n) is 8.09. The number of benzene rings is 3. The van der Waals surface area contributed by atoms with E-state index in [9.17, 15) is 20.1 Å². The zero-order valence-corrected chi connectivity index (χ0v) is 18.4. The first-order valence-electron chi connectivity index (χ1n) is 10.9.